The van der Waals surface area contributed by atoms with Gasteiger partial charge in [-0.05, 0) is 47.9 Å². The van der Waals surface area contributed by atoms with Crippen molar-refractivity contribution in [2.45, 2.75) is 32.9 Å². The van der Waals surface area contributed by atoms with Crippen molar-refractivity contribution in [2.24, 2.45) is 0 Å². The lowest BCUT2D eigenvalue weighted by Gasteiger charge is -2.27. The fourth-order valence-corrected chi connectivity index (χ4v) is 5.49. The summed E-state index contributed by atoms with van der Waals surface area (Å²) in [7, 11) is 1.68. The van der Waals surface area contributed by atoms with Crippen LogP contribution >= 0.6 is 0 Å². The van der Waals surface area contributed by atoms with E-state index in [2.05, 4.69) is 27.2 Å². The highest BCUT2D eigenvalue weighted by molar-refractivity contribution is 5.93. The number of nitrogens with zero attached hydrogens (tertiary/aromatic N) is 3. The third-order valence-corrected chi connectivity index (χ3v) is 7.58. The van der Waals surface area contributed by atoms with Gasteiger partial charge in [0, 0.05) is 70.1 Å². The van der Waals surface area contributed by atoms with Gasteiger partial charge in [0.25, 0.3) is 0 Å². The Morgan fingerprint density at radius 2 is 1.67 bits per heavy atom. The third kappa shape index (κ3) is 7.80. The highest BCUT2D eigenvalue weighted by Crippen LogP contribution is 2.32. The first-order chi connectivity index (χ1) is 20.5. The lowest BCUT2D eigenvalue weighted by Crippen LogP contribution is -2.39. The second-order valence-corrected chi connectivity index (χ2v) is 10.8. The van der Waals surface area contributed by atoms with Crippen LogP contribution in [0, 0.1) is 0 Å². The van der Waals surface area contributed by atoms with E-state index in [0.717, 1.165) is 55.0 Å². The number of fused-ring (bicyclic) bond motifs is 2. The number of hydrogen-bond donors (Lipinski definition) is 1. The largest absolute Gasteiger partial charge is 0.497 e. The molecule has 2 heterocycles. The Labute approximate surface area is 248 Å². The summed E-state index contributed by atoms with van der Waals surface area (Å²) in [6.45, 7) is 7.23. The average molecular weight is 573 g/mol. The second kappa shape index (κ2) is 14.2. The molecule has 0 saturated heterocycles. The molecule has 0 aromatic heterocycles. The molecule has 9 nitrogen and oxygen atoms in total. The predicted molar refractivity (Wildman–Crippen MR) is 163 cm³/mol. The number of amides is 2. The van der Waals surface area contributed by atoms with Crippen LogP contribution in [0.25, 0.3) is 0 Å². The minimum atomic E-state index is -0.111. The molecule has 3 aromatic carbocycles. The number of ether oxygens (including phenoxy) is 3. The molecule has 0 atom stereocenters. The molecule has 2 aliphatic rings. The van der Waals surface area contributed by atoms with Gasteiger partial charge in [-0.25, -0.2) is 0 Å². The summed E-state index contributed by atoms with van der Waals surface area (Å²) >= 11 is 0. The Bertz CT molecular complexity index is 1380. The van der Waals surface area contributed by atoms with Gasteiger partial charge in [0.1, 0.15) is 5.75 Å². The van der Waals surface area contributed by atoms with Gasteiger partial charge < -0.3 is 24.4 Å². The molecule has 3 aromatic rings. The van der Waals surface area contributed by atoms with Crippen LogP contribution in [-0.2, 0) is 22.7 Å². The van der Waals surface area contributed by atoms with Crippen LogP contribution in [0.1, 0.15) is 30.9 Å². The van der Waals surface area contributed by atoms with Crippen molar-refractivity contribution < 1.29 is 23.8 Å². The molecule has 0 aliphatic carbocycles. The Kier molecular flexibility index (Phi) is 9.94. The SMILES string of the molecule is COc1cccc(CN2CCCN(C(C)=O)c3ccccc3CN(CC(=O)Nc3ccc4c(c3)OCCCO4)CC2)c1. The normalized spacial score (nSPS) is 16.5. The number of nitrogens with one attached hydrogen (secondary N) is 1. The first-order valence-corrected chi connectivity index (χ1v) is 14.6. The highest BCUT2D eigenvalue weighted by atomic mass is 16.5. The minimum absolute atomic E-state index is 0.0137. The van der Waals surface area contributed by atoms with Gasteiger partial charge in [-0.1, -0.05) is 30.3 Å². The molecule has 9 heteroatoms. The van der Waals surface area contributed by atoms with Crippen LogP contribution in [0.4, 0.5) is 11.4 Å². The average Bonchev–Trinajstić information content (AvgIpc) is 3.24. The summed E-state index contributed by atoms with van der Waals surface area (Å²) in [5, 5.41) is 3.04. The highest BCUT2D eigenvalue weighted by Gasteiger charge is 2.22. The second-order valence-electron chi connectivity index (χ2n) is 10.8. The van der Waals surface area contributed by atoms with Gasteiger partial charge in [-0.15, -0.1) is 0 Å². The fourth-order valence-electron chi connectivity index (χ4n) is 5.49. The lowest BCUT2D eigenvalue weighted by molar-refractivity contribution is -0.118. The summed E-state index contributed by atoms with van der Waals surface area (Å²) in [5.41, 5.74) is 3.76. The van der Waals surface area contributed by atoms with Gasteiger partial charge in [-0.3, -0.25) is 19.4 Å². The fraction of sp³-hybridized carbons (Fsp3) is 0.394. The van der Waals surface area contributed by atoms with Gasteiger partial charge in [0.15, 0.2) is 11.5 Å². The van der Waals surface area contributed by atoms with Crippen LogP contribution in [0.15, 0.2) is 66.7 Å². The number of carbonyl (C=O) groups is 2. The van der Waals surface area contributed by atoms with Crippen molar-refractivity contribution in [1.82, 2.24) is 9.80 Å². The first kappa shape index (κ1) is 29.4. The molecular weight excluding hydrogens is 532 g/mol. The molecule has 0 spiro atoms. The maximum Gasteiger partial charge on any atom is 0.238 e. The van der Waals surface area contributed by atoms with Crippen LogP contribution in [0.5, 0.6) is 17.2 Å². The van der Waals surface area contributed by atoms with E-state index in [0.29, 0.717) is 50.0 Å². The van der Waals surface area contributed by atoms with E-state index < -0.39 is 0 Å². The quantitative estimate of drug-likeness (QED) is 0.464. The van der Waals surface area contributed by atoms with Gasteiger partial charge in [0.05, 0.1) is 26.9 Å². The van der Waals surface area contributed by atoms with Gasteiger partial charge in [0.2, 0.25) is 11.8 Å². The van der Waals surface area contributed by atoms with Gasteiger partial charge in [-0.2, -0.15) is 0 Å². The zero-order valence-electron chi connectivity index (χ0n) is 24.5. The Morgan fingerprint density at radius 3 is 2.50 bits per heavy atom. The molecule has 42 heavy (non-hydrogen) atoms. The van der Waals surface area contributed by atoms with E-state index in [4.69, 9.17) is 14.2 Å². The van der Waals surface area contributed by atoms with E-state index in [1.165, 1.54) is 0 Å². The standard InChI is InChI=1S/C33H40N4O5/c1-25(38)37-15-6-14-35(22-26-8-5-10-29(20-26)40-2)16-17-36(23-27-9-3-4-11-30(27)37)24-33(39)34-28-12-13-31-32(21-28)42-19-7-18-41-31/h3-5,8-13,20-21H,6-7,14-19,22-24H2,1-2H3,(H,34,39). The number of anilines is 2. The van der Waals surface area contributed by atoms with Gasteiger partial charge >= 0.3 is 0 Å². The number of para-hydroxylation sites is 1. The van der Waals surface area contributed by atoms with Crippen LogP contribution in [-0.4, -0.2) is 74.7 Å². The van der Waals surface area contributed by atoms with Crippen molar-refractivity contribution in [1.29, 1.82) is 0 Å². The number of hydrogen-bond acceptors (Lipinski definition) is 7. The molecular formula is C33H40N4O5. The molecule has 2 amide bonds. The third-order valence-electron chi connectivity index (χ3n) is 7.58. The summed E-state index contributed by atoms with van der Waals surface area (Å²) < 4.78 is 17.0. The van der Waals surface area contributed by atoms with Crippen molar-refractivity contribution in [3.63, 3.8) is 0 Å². The first-order valence-electron chi connectivity index (χ1n) is 14.6. The van der Waals surface area contributed by atoms with Crippen molar-refractivity contribution in [3.05, 3.63) is 77.9 Å². The molecule has 2 aliphatic heterocycles. The molecule has 222 valence electrons. The number of rotatable bonds is 6. The lowest BCUT2D eigenvalue weighted by atomic mass is 10.1. The molecule has 0 fully saturated rings. The predicted octanol–water partition coefficient (Wildman–Crippen LogP) is 4.56. The summed E-state index contributed by atoms with van der Waals surface area (Å²) in [6.07, 6.45) is 1.66. The summed E-state index contributed by atoms with van der Waals surface area (Å²) in [6, 6.07) is 21.6. The van der Waals surface area contributed by atoms with Crippen LogP contribution < -0.4 is 24.4 Å². The zero-order chi connectivity index (χ0) is 29.3. The van der Waals surface area contributed by atoms with E-state index in [-0.39, 0.29) is 18.4 Å². The maximum absolute atomic E-state index is 13.3. The molecule has 0 unspecified atom stereocenters. The van der Waals surface area contributed by atoms with Crippen molar-refractivity contribution in [3.8, 4) is 17.2 Å². The van der Waals surface area contributed by atoms with Crippen LogP contribution in [0.3, 0.4) is 0 Å². The van der Waals surface area contributed by atoms with Crippen molar-refractivity contribution >= 4 is 23.2 Å². The van der Waals surface area contributed by atoms with Crippen molar-refractivity contribution in [2.75, 3.05) is 63.3 Å². The molecule has 0 saturated carbocycles. The summed E-state index contributed by atoms with van der Waals surface area (Å²) in [4.78, 5) is 32.5. The zero-order valence-corrected chi connectivity index (χ0v) is 24.5. The smallest absolute Gasteiger partial charge is 0.238 e. The number of carbonyl (C=O) groups excluding carboxylic acids is 2. The summed E-state index contributed by atoms with van der Waals surface area (Å²) in [5.74, 6) is 2.07. The monoisotopic (exact) mass is 572 g/mol. The van der Waals surface area contributed by atoms with E-state index in [9.17, 15) is 9.59 Å². The van der Waals surface area contributed by atoms with Crippen LogP contribution in [0.2, 0.25) is 0 Å². The maximum atomic E-state index is 13.3. The Morgan fingerprint density at radius 1 is 0.857 bits per heavy atom. The number of benzene rings is 3. The minimum Gasteiger partial charge on any atom is -0.497 e. The topological polar surface area (TPSA) is 83.6 Å². The van der Waals surface area contributed by atoms with E-state index >= 15 is 0 Å². The Balaban J connectivity index is 1.35. The van der Waals surface area contributed by atoms with E-state index in [1.54, 1.807) is 14.0 Å². The van der Waals surface area contributed by atoms with E-state index in [1.807, 2.05) is 59.5 Å². The molecule has 0 bridgehead atoms. The number of methoxy groups -OCH3 is 1. The Hall–Kier alpha value is -4.08. The molecule has 1 N–H and O–H groups in total. The molecule has 5 rings (SSSR count). The molecule has 0 radical (unpaired) electrons.